The van der Waals surface area contributed by atoms with Crippen LogP contribution in [-0.4, -0.2) is 9.13 Å². The molecule has 646 valence electrons. The first-order valence-electron chi connectivity index (χ1n) is 50.3. The molecular weight excluding hydrogens is 1840 g/mol. The van der Waals surface area contributed by atoms with Crippen LogP contribution in [0.25, 0.3) is 122 Å². The standard InChI is InChI=1S/C54H39N3.C30H22BrN.C24H18N2.C18H12Br2/c1-5-15-44(16-6-1)55(45-17-7-2-8-18-45)48-33-29-42(30-34-48)40-25-27-41(28-26-40)43-31-35-49(36-32-43)56(46-19-9-3-10-20-46)50-37-38-54-52(39-50)51-23-13-14-24-53(51)57(54)47-21-11-4-12-22-47;31-27-19-15-25(16-20-27)23-11-13-24(14-12-23)26-17-21-30(22-18-26)32(28-7-3-1-4-8-28)29-9-5-2-6-10-29;1-3-9-18(10-4-1)25-19-15-16-24-22(17-19)21-13-7-8-14-23(21)26(24)20-11-5-2-6-12-20;19-17-9-5-15(6-10-17)13-1-2-14(4-3-13)16-7-11-18(20)12-8-16/h1-39H;1-22H;1-17,25H;1-12H/i31D,32D,35D,36D;15D,16D,19D,20D;;5D,6D,9D,10D. The van der Waals surface area contributed by atoms with Gasteiger partial charge in [-0.25, -0.2) is 0 Å². The van der Waals surface area contributed by atoms with Gasteiger partial charge in [0.2, 0.25) is 0 Å². The summed E-state index contributed by atoms with van der Waals surface area (Å²) < 4.78 is 109. The Bertz CT molecular complexity index is 8510. The molecule has 135 heavy (non-hydrogen) atoms. The largest absolute Gasteiger partial charge is 0.356 e. The highest BCUT2D eigenvalue weighted by atomic mass is 79.9. The fraction of sp³-hybridized carbons (Fsp3) is 0. The number of halogens is 3. The Kier molecular flexibility index (Phi) is 22.4. The average molecular weight is 1940 g/mol. The number of aromatic nitrogens is 2. The Morgan fingerprint density at radius 2 is 0.415 bits per heavy atom. The lowest BCUT2D eigenvalue weighted by atomic mass is 9.99. The normalized spacial score (nSPS) is 12.2. The minimum atomic E-state index is -0.118. The second-order valence-electron chi connectivity index (χ2n) is 31.9. The average Bonchev–Trinajstić information content (AvgIpc) is 1.59. The molecule has 0 saturated heterocycles. The number of nitrogens with zero attached hydrogens (tertiary/aromatic N) is 5. The number of nitrogens with one attached hydrogen (secondary N) is 1. The second kappa shape index (κ2) is 41.1. The number of hydrogen-bond donors (Lipinski definition) is 1. The monoisotopic (exact) mass is 1940 g/mol. The summed E-state index contributed by atoms with van der Waals surface area (Å²) in [5, 5.41) is 8.12. The Morgan fingerprint density at radius 3 is 0.763 bits per heavy atom. The van der Waals surface area contributed by atoms with E-state index in [4.69, 9.17) is 11.0 Å². The van der Waals surface area contributed by atoms with Gasteiger partial charge < -0.3 is 29.2 Å². The zero-order valence-electron chi connectivity index (χ0n) is 84.9. The third kappa shape index (κ3) is 19.9. The Hall–Kier alpha value is -16.1. The van der Waals surface area contributed by atoms with Crippen LogP contribution in [0.4, 0.5) is 62.6 Å². The van der Waals surface area contributed by atoms with E-state index >= 15 is 0 Å². The molecule has 0 amide bonds. The van der Waals surface area contributed by atoms with Crippen molar-refractivity contribution in [3.8, 4) is 78.1 Å². The molecule has 2 heterocycles. The van der Waals surface area contributed by atoms with Crippen LogP contribution in [0.15, 0.2) is 559 Å². The number of rotatable bonds is 19. The maximum Gasteiger partial charge on any atom is 0.0645 e. The Morgan fingerprint density at radius 1 is 0.170 bits per heavy atom. The van der Waals surface area contributed by atoms with Crippen molar-refractivity contribution < 1.29 is 16.4 Å². The van der Waals surface area contributed by atoms with E-state index in [9.17, 15) is 5.48 Å². The lowest BCUT2D eigenvalue weighted by molar-refractivity contribution is 1.18. The van der Waals surface area contributed by atoms with Gasteiger partial charge in [-0.2, -0.15) is 0 Å². The van der Waals surface area contributed by atoms with E-state index in [-0.39, 0.29) is 92.7 Å². The molecule has 0 bridgehead atoms. The van der Waals surface area contributed by atoms with E-state index in [0.29, 0.717) is 27.8 Å². The van der Waals surface area contributed by atoms with Crippen molar-refractivity contribution in [2.75, 3.05) is 20.0 Å². The van der Waals surface area contributed by atoms with Crippen LogP contribution in [0, 0.1) is 0 Å². The minimum absolute atomic E-state index is 0.0423. The highest BCUT2D eigenvalue weighted by molar-refractivity contribution is 9.11. The predicted molar refractivity (Wildman–Crippen MR) is 584 cm³/mol. The zero-order valence-corrected chi connectivity index (χ0v) is 77.7. The molecule has 0 atom stereocenters. The molecule has 0 unspecified atom stereocenters. The third-order valence-corrected chi connectivity index (χ3v) is 24.7. The van der Waals surface area contributed by atoms with Crippen molar-refractivity contribution in [2.24, 2.45) is 0 Å². The molecule has 23 rings (SSSR count). The second-order valence-corrected chi connectivity index (χ2v) is 34.4. The summed E-state index contributed by atoms with van der Waals surface area (Å²) in [5.74, 6) is 0. The Labute approximate surface area is 830 Å². The molecular formula is C126H91Br3N6. The first-order valence-corrected chi connectivity index (χ1v) is 46.6. The smallest absolute Gasteiger partial charge is 0.0645 e. The molecule has 0 aliphatic rings. The highest BCUT2D eigenvalue weighted by Gasteiger charge is 2.21. The lowest BCUT2D eigenvalue weighted by Crippen LogP contribution is -2.09. The first kappa shape index (κ1) is 73.5. The van der Waals surface area contributed by atoms with E-state index in [1.165, 1.54) is 27.5 Å². The molecule has 2 aromatic heterocycles. The number of para-hydroxylation sites is 10. The van der Waals surface area contributed by atoms with Gasteiger partial charge in [-0.1, -0.05) is 375 Å². The summed E-state index contributed by atoms with van der Waals surface area (Å²) in [6.45, 7) is 0. The van der Waals surface area contributed by atoms with Gasteiger partial charge in [-0.3, -0.25) is 0 Å². The molecule has 0 aliphatic heterocycles. The fourth-order valence-corrected chi connectivity index (χ4v) is 17.6. The van der Waals surface area contributed by atoms with Crippen LogP contribution in [0.5, 0.6) is 0 Å². The molecule has 0 saturated carbocycles. The predicted octanol–water partition coefficient (Wildman–Crippen LogP) is 37.4. The Balaban J connectivity index is 0.000000129. The number of hydrogen-bond acceptors (Lipinski definition) is 4. The molecule has 21 aromatic carbocycles. The number of anilines is 11. The van der Waals surface area contributed by atoms with Gasteiger partial charge in [0.1, 0.15) is 0 Å². The fourth-order valence-electron chi connectivity index (χ4n) is 16.9. The SMILES string of the molecule is [2H]c1c([2H])c(-c2ccc(-c3ccc(Br)cc3)cc2)c([2H])c([2H])c1Br.[2H]c1c([2H])c(-c2ccc(-c3ccc(N(c4ccccc4)c4ccccc4)cc3)cc2)c([2H])c([2H])c1Br.[2H]c1c([2H])c(N(c2ccccc2)c2ccc3c(c2)c2ccccc2n3-c2ccccc2)c([2H])c([2H])c1-c1ccc(-c2ccc(N(c3ccccc3)c3ccccc3)cc2)cc1.c1ccc(Nc2ccc3c(c2)c2ccccc2n3-c2ccccc2)cc1. The van der Waals surface area contributed by atoms with Gasteiger partial charge in [0.25, 0.3) is 0 Å². The summed E-state index contributed by atoms with van der Waals surface area (Å²) in [7, 11) is 0. The lowest BCUT2D eigenvalue weighted by Gasteiger charge is -2.26. The highest BCUT2D eigenvalue weighted by Crippen LogP contribution is 2.44. The van der Waals surface area contributed by atoms with Gasteiger partial charge in [0.15, 0.2) is 0 Å². The van der Waals surface area contributed by atoms with E-state index in [1.54, 1.807) is 0 Å². The van der Waals surface area contributed by atoms with Crippen molar-refractivity contribution in [1.29, 1.82) is 0 Å². The molecule has 0 fully saturated rings. The molecule has 0 radical (unpaired) electrons. The van der Waals surface area contributed by atoms with Crippen LogP contribution in [0.3, 0.4) is 0 Å². The van der Waals surface area contributed by atoms with E-state index < -0.39 is 0 Å². The quantitative estimate of drug-likeness (QED) is 0.0874. The van der Waals surface area contributed by atoms with Crippen LogP contribution in [-0.2, 0) is 0 Å². The maximum atomic E-state index is 9.48. The van der Waals surface area contributed by atoms with Crippen molar-refractivity contribution >= 4 is 154 Å². The van der Waals surface area contributed by atoms with Crippen LogP contribution >= 0.6 is 47.8 Å². The minimum Gasteiger partial charge on any atom is -0.356 e. The van der Waals surface area contributed by atoms with Crippen LogP contribution in [0.2, 0.25) is 0 Å². The van der Waals surface area contributed by atoms with Gasteiger partial charge in [0, 0.05) is 109 Å². The van der Waals surface area contributed by atoms with E-state index in [1.807, 2.05) is 260 Å². The van der Waals surface area contributed by atoms with Crippen molar-refractivity contribution in [1.82, 2.24) is 9.13 Å². The summed E-state index contributed by atoms with van der Waals surface area (Å²) in [6.07, 6.45) is 0. The number of benzene rings is 21. The summed E-state index contributed by atoms with van der Waals surface area (Å²) in [5.41, 5.74) is 25.9. The van der Waals surface area contributed by atoms with Crippen LogP contribution in [0.1, 0.15) is 16.4 Å². The summed E-state index contributed by atoms with van der Waals surface area (Å²) >= 11 is 9.69. The van der Waals surface area contributed by atoms with Gasteiger partial charge in [-0.05, 0) is 285 Å². The van der Waals surface area contributed by atoms with E-state index in [0.717, 1.165) is 122 Å². The molecule has 0 spiro atoms. The molecule has 0 aliphatic carbocycles. The first-order chi connectivity index (χ1) is 71.7. The van der Waals surface area contributed by atoms with E-state index in [2.05, 4.69) is 290 Å². The van der Waals surface area contributed by atoms with Crippen molar-refractivity contribution in [3.63, 3.8) is 0 Å². The van der Waals surface area contributed by atoms with Crippen LogP contribution < -0.4 is 20.0 Å². The van der Waals surface area contributed by atoms with Crippen molar-refractivity contribution in [3.05, 3.63) is 559 Å². The molecule has 9 heteroatoms. The third-order valence-electron chi connectivity index (χ3n) is 23.4. The summed E-state index contributed by atoms with van der Waals surface area (Å²) in [6, 6.07) is 158. The number of fused-ring (bicyclic) bond motifs is 6. The molecule has 6 nitrogen and oxygen atoms in total. The van der Waals surface area contributed by atoms with Gasteiger partial charge >= 0.3 is 0 Å². The summed E-state index contributed by atoms with van der Waals surface area (Å²) in [4.78, 5) is 6.28. The van der Waals surface area contributed by atoms with Gasteiger partial charge in [0.05, 0.1) is 38.5 Å². The molecule has 23 aromatic rings. The van der Waals surface area contributed by atoms with Crippen molar-refractivity contribution in [2.45, 2.75) is 0 Å². The van der Waals surface area contributed by atoms with Gasteiger partial charge in [-0.15, -0.1) is 0 Å². The zero-order chi connectivity index (χ0) is 101. The maximum absolute atomic E-state index is 9.48. The molecule has 1 N–H and O–H groups in total. The topological polar surface area (TPSA) is 31.6 Å².